The van der Waals surface area contributed by atoms with E-state index < -0.39 is 0 Å². The molecular formula is C17H27NO2. The van der Waals surface area contributed by atoms with Gasteiger partial charge in [-0.1, -0.05) is 19.1 Å². The predicted molar refractivity (Wildman–Crippen MR) is 82.1 cm³/mol. The summed E-state index contributed by atoms with van der Waals surface area (Å²) in [4.78, 5) is 0. The van der Waals surface area contributed by atoms with Gasteiger partial charge in [0.05, 0.1) is 18.8 Å². The Bertz CT molecular complexity index is 419. The standard InChI is InChI=1S/C17H27NO2/c1-5-18-17(15-9-13(4)19-11-15)14-7-6-8-16(10-14)20-12(2)3/h6-8,10,12-13,15,17-18H,5,9,11H2,1-4H3. The second-order valence-electron chi connectivity index (χ2n) is 5.91. The molecule has 3 heteroatoms. The first-order valence-corrected chi connectivity index (χ1v) is 7.71. The van der Waals surface area contributed by atoms with E-state index in [2.05, 4.69) is 51.2 Å². The summed E-state index contributed by atoms with van der Waals surface area (Å²) >= 11 is 0. The number of rotatable bonds is 6. The molecule has 3 nitrogen and oxygen atoms in total. The van der Waals surface area contributed by atoms with Crippen LogP contribution in [0.25, 0.3) is 0 Å². The third-order valence-corrected chi connectivity index (χ3v) is 3.71. The predicted octanol–water partition coefficient (Wildman–Crippen LogP) is 3.55. The number of benzene rings is 1. The minimum atomic E-state index is 0.206. The molecule has 1 aromatic carbocycles. The number of ether oxygens (including phenoxy) is 2. The highest BCUT2D eigenvalue weighted by atomic mass is 16.5. The molecule has 0 spiro atoms. The summed E-state index contributed by atoms with van der Waals surface area (Å²) in [5.41, 5.74) is 1.30. The molecule has 20 heavy (non-hydrogen) atoms. The van der Waals surface area contributed by atoms with Crippen molar-refractivity contribution in [1.82, 2.24) is 5.32 Å². The Labute approximate surface area is 122 Å². The van der Waals surface area contributed by atoms with E-state index in [9.17, 15) is 0 Å². The van der Waals surface area contributed by atoms with Crippen LogP contribution in [-0.4, -0.2) is 25.4 Å². The van der Waals surface area contributed by atoms with E-state index in [4.69, 9.17) is 9.47 Å². The minimum Gasteiger partial charge on any atom is -0.491 e. The topological polar surface area (TPSA) is 30.5 Å². The smallest absolute Gasteiger partial charge is 0.120 e. The Morgan fingerprint density at radius 1 is 1.40 bits per heavy atom. The summed E-state index contributed by atoms with van der Waals surface area (Å²) < 4.78 is 11.5. The van der Waals surface area contributed by atoms with Crippen LogP contribution in [-0.2, 0) is 4.74 Å². The molecule has 0 bridgehead atoms. The Morgan fingerprint density at radius 2 is 2.20 bits per heavy atom. The second-order valence-corrected chi connectivity index (χ2v) is 5.91. The molecule has 1 aromatic rings. The average Bonchev–Trinajstić information content (AvgIpc) is 2.82. The van der Waals surface area contributed by atoms with Crippen molar-refractivity contribution < 1.29 is 9.47 Å². The van der Waals surface area contributed by atoms with Gasteiger partial charge in [0.25, 0.3) is 0 Å². The maximum atomic E-state index is 5.81. The van der Waals surface area contributed by atoms with Crippen molar-refractivity contribution in [3.8, 4) is 5.75 Å². The first-order chi connectivity index (χ1) is 9.60. The Morgan fingerprint density at radius 3 is 2.80 bits per heavy atom. The van der Waals surface area contributed by atoms with Gasteiger partial charge >= 0.3 is 0 Å². The van der Waals surface area contributed by atoms with Gasteiger partial charge in [0.2, 0.25) is 0 Å². The van der Waals surface area contributed by atoms with Crippen molar-refractivity contribution in [2.45, 2.75) is 52.4 Å². The molecule has 3 atom stereocenters. The summed E-state index contributed by atoms with van der Waals surface area (Å²) in [6.45, 7) is 10.2. The number of hydrogen-bond acceptors (Lipinski definition) is 3. The van der Waals surface area contributed by atoms with E-state index in [1.165, 1.54) is 5.56 Å². The van der Waals surface area contributed by atoms with Crippen LogP contribution < -0.4 is 10.1 Å². The highest BCUT2D eigenvalue weighted by molar-refractivity contribution is 5.31. The van der Waals surface area contributed by atoms with Crippen LogP contribution in [0.3, 0.4) is 0 Å². The zero-order valence-electron chi connectivity index (χ0n) is 13.1. The molecule has 0 aromatic heterocycles. The summed E-state index contributed by atoms with van der Waals surface area (Å²) in [5.74, 6) is 1.49. The monoisotopic (exact) mass is 277 g/mol. The molecule has 112 valence electrons. The van der Waals surface area contributed by atoms with Crippen LogP contribution in [0.15, 0.2) is 24.3 Å². The van der Waals surface area contributed by atoms with Crippen molar-refractivity contribution in [3.05, 3.63) is 29.8 Å². The van der Waals surface area contributed by atoms with Crippen molar-refractivity contribution in [2.75, 3.05) is 13.2 Å². The normalized spacial score (nSPS) is 24.1. The van der Waals surface area contributed by atoms with Crippen molar-refractivity contribution in [2.24, 2.45) is 5.92 Å². The summed E-state index contributed by atoms with van der Waals surface area (Å²) in [5, 5.41) is 3.61. The second kappa shape index (κ2) is 7.09. The first-order valence-electron chi connectivity index (χ1n) is 7.71. The van der Waals surface area contributed by atoms with Crippen LogP contribution >= 0.6 is 0 Å². The highest BCUT2D eigenvalue weighted by Gasteiger charge is 2.30. The van der Waals surface area contributed by atoms with Gasteiger partial charge in [0.1, 0.15) is 5.75 Å². The average molecular weight is 277 g/mol. The van der Waals surface area contributed by atoms with Gasteiger partial charge in [-0.3, -0.25) is 0 Å². The molecule has 1 aliphatic heterocycles. The first kappa shape index (κ1) is 15.3. The lowest BCUT2D eigenvalue weighted by atomic mass is 9.91. The van der Waals surface area contributed by atoms with Crippen LogP contribution in [0.4, 0.5) is 0 Å². The fourth-order valence-electron chi connectivity index (χ4n) is 2.91. The van der Waals surface area contributed by atoms with Gasteiger partial charge in [0, 0.05) is 12.0 Å². The van der Waals surface area contributed by atoms with Crippen LogP contribution in [0, 0.1) is 5.92 Å². The van der Waals surface area contributed by atoms with Crippen molar-refractivity contribution in [3.63, 3.8) is 0 Å². The third-order valence-electron chi connectivity index (χ3n) is 3.71. The molecule has 1 N–H and O–H groups in total. The molecule has 3 unspecified atom stereocenters. The maximum Gasteiger partial charge on any atom is 0.120 e. The van der Waals surface area contributed by atoms with Crippen LogP contribution in [0.2, 0.25) is 0 Å². The lowest BCUT2D eigenvalue weighted by Gasteiger charge is -2.24. The van der Waals surface area contributed by atoms with Crippen molar-refractivity contribution in [1.29, 1.82) is 0 Å². The van der Waals surface area contributed by atoms with Gasteiger partial charge in [-0.05, 0) is 51.4 Å². The molecule has 0 saturated carbocycles. The van der Waals surface area contributed by atoms with E-state index in [1.807, 2.05) is 6.07 Å². The summed E-state index contributed by atoms with van der Waals surface area (Å²) in [7, 11) is 0. The van der Waals surface area contributed by atoms with E-state index in [-0.39, 0.29) is 6.10 Å². The Hall–Kier alpha value is -1.06. The SMILES string of the molecule is CCNC(c1cccc(OC(C)C)c1)C1COC(C)C1. The quantitative estimate of drug-likeness (QED) is 0.862. The van der Waals surface area contributed by atoms with Gasteiger partial charge in [-0.15, -0.1) is 0 Å². The highest BCUT2D eigenvalue weighted by Crippen LogP contribution is 2.33. The van der Waals surface area contributed by atoms with Crippen molar-refractivity contribution >= 4 is 0 Å². The molecule has 1 fully saturated rings. The largest absolute Gasteiger partial charge is 0.491 e. The Balaban J connectivity index is 2.16. The molecule has 1 saturated heterocycles. The van der Waals surface area contributed by atoms with E-state index >= 15 is 0 Å². The molecule has 0 radical (unpaired) electrons. The number of hydrogen-bond donors (Lipinski definition) is 1. The van der Waals surface area contributed by atoms with E-state index in [0.717, 1.165) is 25.3 Å². The fraction of sp³-hybridized carbons (Fsp3) is 0.647. The van der Waals surface area contributed by atoms with E-state index in [1.54, 1.807) is 0 Å². The summed E-state index contributed by atoms with van der Waals surface area (Å²) in [6.07, 6.45) is 1.70. The third kappa shape index (κ3) is 3.97. The lowest BCUT2D eigenvalue weighted by Crippen LogP contribution is -2.28. The molecule has 0 aliphatic carbocycles. The van der Waals surface area contributed by atoms with Gasteiger partial charge < -0.3 is 14.8 Å². The zero-order chi connectivity index (χ0) is 14.5. The van der Waals surface area contributed by atoms with E-state index in [0.29, 0.717) is 18.1 Å². The fourth-order valence-corrected chi connectivity index (χ4v) is 2.91. The zero-order valence-corrected chi connectivity index (χ0v) is 13.1. The molecule has 2 rings (SSSR count). The van der Waals surface area contributed by atoms with Gasteiger partial charge in [-0.2, -0.15) is 0 Å². The lowest BCUT2D eigenvalue weighted by molar-refractivity contribution is 0.117. The Kier molecular flexibility index (Phi) is 5.44. The number of nitrogens with one attached hydrogen (secondary N) is 1. The summed E-state index contributed by atoms with van der Waals surface area (Å²) in [6, 6.07) is 8.80. The minimum absolute atomic E-state index is 0.206. The molecule has 1 heterocycles. The van der Waals surface area contributed by atoms with Gasteiger partial charge in [0.15, 0.2) is 0 Å². The van der Waals surface area contributed by atoms with Gasteiger partial charge in [-0.25, -0.2) is 0 Å². The maximum absolute atomic E-state index is 5.81. The molecule has 1 aliphatic rings. The molecule has 0 amide bonds. The van der Waals surface area contributed by atoms with Crippen LogP contribution in [0.1, 0.15) is 45.7 Å². The van der Waals surface area contributed by atoms with Crippen LogP contribution in [0.5, 0.6) is 5.75 Å². The molecular weight excluding hydrogens is 250 g/mol.